The highest BCUT2D eigenvalue weighted by atomic mass is 79.9. The Morgan fingerprint density at radius 1 is 1.56 bits per heavy atom. The molecule has 0 fully saturated rings. The molecule has 0 saturated heterocycles. The van der Waals surface area contributed by atoms with Crippen LogP contribution in [0.25, 0.3) is 0 Å². The van der Waals surface area contributed by atoms with Gasteiger partial charge in [-0.2, -0.15) is 14.0 Å². The van der Waals surface area contributed by atoms with Crippen molar-refractivity contribution in [1.29, 1.82) is 5.26 Å². The number of esters is 1. The van der Waals surface area contributed by atoms with E-state index in [-0.39, 0.29) is 16.5 Å². The van der Waals surface area contributed by atoms with Crippen LogP contribution in [0.1, 0.15) is 21.5 Å². The lowest BCUT2D eigenvalue weighted by molar-refractivity contribution is -0.0506. The molecular formula is C11H8BrF2NO3. The zero-order valence-electron chi connectivity index (χ0n) is 9.25. The van der Waals surface area contributed by atoms with Gasteiger partial charge in [0.05, 0.1) is 12.7 Å². The highest BCUT2D eigenvalue weighted by molar-refractivity contribution is 9.08. The summed E-state index contributed by atoms with van der Waals surface area (Å²) in [5.41, 5.74) is 0.120. The van der Waals surface area contributed by atoms with Crippen molar-refractivity contribution < 1.29 is 23.0 Å². The average Bonchev–Trinajstić information content (AvgIpc) is 2.36. The first kappa shape index (κ1) is 14.4. The van der Waals surface area contributed by atoms with E-state index in [1.807, 2.05) is 0 Å². The molecule has 1 aromatic rings. The number of carbonyl (C=O) groups is 1. The predicted molar refractivity (Wildman–Crippen MR) is 61.8 cm³/mol. The van der Waals surface area contributed by atoms with Crippen molar-refractivity contribution in [2.75, 3.05) is 7.11 Å². The molecule has 0 saturated carbocycles. The smallest absolute Gasteiger partial charge is 0.387 e. The number of hydrogen-bond donors (Lipinski definition) is 0. The molecule has 0 unspecified atom stereocenters. The zero-order chi connectivity index (χ0) is 13.7. The number of rotatable bonds is 4. The van der Waals surface area contributed by atoms with Crippen LogP contribution in [0.5, 0.6) is 5.75 Å². The summed E-state index contributed by atoms with van der Waals surface area (Å²) in [4.78, 5) is 11.4. The minimum atomic E-state index is -3.13. The topological polar surface area (TPSA) is 59.3 Å². The van der Waals surface area contributed by atoms with Crippen LogP contribution in [0, 0.1) is 11.3 Å². The third kappa shape index (κ3) is 2.96. The monoisotopic (exact) mass is 319 g/mol. The van der Waals surface area contributed by atoms with Gasteiger partial charge >= 0.3 is 12.6 Å². The van der Waals surface area contributed by atoms with Crippen LogP contribution in [0.3, 0.4) is 0 Å². The van der Waals surface area contributed by atoms with Crippen molar-refractivity contribution in [3.8, 4) is 11.8 Å². The van der Waals surface area contributed by atoms with Crippen molar-refractivity contribution in [3.05, 3.63) is 28.8 Å². The fourth-order valence-corrected chi connectivity index (χ4v) is 1.81. The molecule has 0 radical (unpaired) electrons. The number of ether oxygens (including phenoxy) is 2. The number of hydrogen-bond acceptors (Lipinski definition) is 4. The van der Waals surface area contributed by atoms with Gasteiger partial charge < -0.3 is 9.47 Å². The van der Waals surface area contributed by atoms with E-state index < -0.39 is 18.3 Å². The van der Waals surface area contributed by atoms with E-state index in [1.165, 1.54) is 12.1 Å². The molecule has 0 atom stereocenters. The van der Waals surface area contributed by atoms with E-state index >= 15 is 0 Å². The van der Waals surface area contributed by atoms with Crippen LogP contribution in [-0.2, 0) is 10.1 Å². The van der Waals surface area contributed by atoms with Gasteiger partial charge in [-0.1, -0.05) is 22.0 Å². The number of benzene rings is 1. The molecule has 0 bridgehead atoms. The van der Waals surface area contributed by atoms with Gasteiger partial charge in [0, 0.05) is 5.33 Å². The SMILES string of the molecule is COC(=O)c1ccc(CBr)c(C#N)c1OC(F)F. The quantitative estimate of drug-likeness (QED) is 0.632. The first-order valence-corrected chi connectivity index (χ1v) is 5.82. The van der Waals surface area contributed by atoms with Gasteiger partial charge in [-0.05, 0) is 11.6 Å². The summed E-state index contributed by atoms with van der Waals surface area (Å²) in [7, 11) is 1.11. The van der Waals surface area contributed by atoms with Crippen LogP contribution in [0.15, 0.2) is 12.1 Å². The lowest BCUT2D eigenvalue weighted by Gasteiger charge is -2.13. The summed E-state index contributed by atoms with van der Waals surface area (Å²) in [5.74, 6) is -1.31. The van der Waals surface area contributed by atoms with Crippen molar-refractivity contribution in [2.45, 2.75) is 11.9 Å². The molecule has 1 aromatic carbocycles. The maximum absolute atomic E-state index is 12.3. The van der Waals surface area contributed by atoms with Gasteiger partial charge in [-0.15, -0.1) is 0 Å². The van der Waals surface area contributed by atoms with Crippen LogP contribution < -0.4 is 4.74 Å². The van der Waals surface area contributed by atoms with Crippen molar-refractivity contribution in [2.24, 2.45) is 0 Å². The van der Waals surface area contributed by atoms with Crippen LogP contribution in [0.4, 0.5) is 8.78 Å². The Kier molecular flexibility index (Phi) is 5.04. The average molecular weight is 320 g/mol. The van der Waals surface area contributed by atoms with Crippen molar-refractivity contribution in [3.63, 3.8) is 0 Å². The van der Waals surface area contributed by atoms with E-state index in [0.717, 1.165) is 7.11 Å². The number of halogens is 3. The molecule has 18 heavy (non-hydrogen) atoms. The molecule has 7 heteroatoms. The summed E-state index contributed by atoms with van der Waals surface area (Å²) >= 11 is 3.12. The third-order valence-corrected chi connectivity index (χ3v) is 2.72. The van der Waals surface area contributed by atoms with Crippen molar-refractivity contribution >= 4 is 21.9 Å². The first-order chi connectivity index (χ1) is 8.54. The van der Waals surface area contributed by atoms with E-state index in [1.54, 1.807) is 6.07 Å². The Morgan fingerprint density at radius 3 is 2.67 bits per heavy atom. The predicted octanol–water partition coefficient (Wildman–Crippen LogP) is 2.84. The molecule has 1 rings (SSSR count). The third-order valence-electron chi connectivity index (χ3n) is 2.11. The number of alkyl halides is 3. The normalized spacial score (nSPS) is 10.0. The molecule has 0 spiro atoms. The van der Waals surface area contributed by atoms with Gasteiger partial charge in [0.2, 0.25) is 0 Å². The molecule has 4 nitrogen and oxygen atoms in total. The Hall–Kier alpha value is -1.68. The lowest BCUT2D eigenvalue weighted by atomic mass is 10.0. The minimum absolute atomic E-state index is 0.116. The first-order valence-electron chi connectivity index (χ1n) is 4.70. The van der Waals surface area contributed by atoms with E-state index in [0.29, 0.717) is 5.56 Å². The van der Waals surface area contributed by atoms with Gasteiger partial charge in [0.25, 0.3) is 0 Å². The molecular weight excluding hydrogens is 312 g/mol. The van der Waals surface area contributed by atoms with E-state index in [4.69, 9.17) is 5.26 Å². The Morgan fingerprint density at radius 2 is 2.22 bits per heavy atom. The minimum Gasteiger partial charge on any atom is -0.465 e. The van der Waals surface area contributed by atoms with Crippen LogP contribution in [-0.4, -0.2) is 19.7 Å². The standard InChI is InChI=1S/C11H8BrF2NO3/c1-17-10(16)7-3-2-6(4-12)8(5-15)9(7)18-11(13)14/h2-3,11H,4H2,1H3. The molecule has 0 aromatic heterocycles. The number of methoxy groups -OCH3 is 1. The molecule has 0 aliphatic carbocycles. The maximum atomic E-state index is 12.3. The van der Waals surface area contributed by atoms with Crippen molar-refractivity contribution in [1.82, 2.24) is 0 Å². The molecule has 0 amide bonds. The summed E-state index contributed by atoms with van der Waals surface area (Å²) in [6.45, 7) is -3.13. The summed E-state index contributed by atoms with van der Waals surface area (Å²) < 4.78 is 33.4. The molecule has 0 aliphatic rings. The second-order valence-electron chi connectivity index (χ2n) is 3.09. The molecule has 0 N–H and O–H groups in total. The highest BCUT2D eigenvalue weighted by Crippen LogP contribution is 2.30. The Bertz CT molecular complexity index is 500. The zero-order valence-corrected chi connectivity index (χ0v) is 10.8. The van der Waals surface area contributed by atoms with E-state index in [2.05, 4.69) is 25.4 Å². The Labute approximate surface area is 110 Å². The summed E-state index contributed by atoms with van der Waals surface area (Å²) in [6.07, 6.45) is 0. The van der Waals surface area contributed by atoms with Crippen LogP contribution >= 0.6 is 15.9 Å². The van der Waals surface area contributed by atoms with Crippen LogP contribution in [0.2, 0.25) is 0 Å². The fourth-order valence-electron chi connectivity index (χ4n) is 1.34. The van der Waals surface area contributed by atoms with E-state index in [9.17, 15) is 13.6 Å². The summed E-state index contributed by atoms with van der Waals surface area (Å²) in [5, 5.41) is 9.25. The number of carbonyl (C=O) groups excluding carboxylic acids is 1. The van der Waals surface area contributed by atoms with Gasteiger partial charge in [-0.25, -0.2) is 4.79 Å². The fraction of sp³-hybridized carbons (Fsp3) is 0.273. The summed E-state index contributed by atoms with van der Waals surface area (Å²) in [6, 6.07) is 4.49. The highest BCUT2D eigenvalue weighted by Gasteiger charge is 2.22. The lowest BCUT2D eigenvalue weighted by Crippen LogP contribution is -2.11. The Balaban J connectivity index is 3.44. The van der Waals surface area contributed by atoms with Gasteiger partial charge in [0.15, 0.2) is 5.75 Å². The molecule has 0 heterocycles. The van der Waals surface area contributed by atoms with Gasteiger partial charge in [0.1, 0.15) is 11.6 Å². The second kappa shape index (κ2) is 6.31. The number of nitrogens with zero attached hydrogens (tertiary/aromatic N) is 1. The molecule has 96 valence electrons. The largest absolute Gasteiger partial charge is 0.465 e. The second-order valence-corrected chi connectivity index (χ2v) is 3.65. The molecule has 0 aliphatic heterocycles. The maximum Gasteiger partial charge on any atom is 0.387 e. The van der Waals surface area contributed by atoms with Gasteiger partial charge in [-0.3, -0.25) is 0 Å². The number of nitriles is 1.